The third-order valence-electron chi connectivity index (χ3n) is 1.74. The van der Waals surface area contributed by atoms with Crippen LogP contribution in [0.2, 0.25) is 0 Å². The number of aliphatic hydroxyl groups is 1. The Kier molecular flexibility index (Phi) is 4.71. The molecule has 0 saturated carbocycles. The molecule has 0 bridgehead atoms. The summed E-state index contributed by atoms with van der Waals surface area (Å²) >= 11 is 0. The largest absolute Gasteiger partial charge is 0.398 e. The van der Waals surface area contributed by atoms with Crippen LogP contribution in [-0.4, -0.2) is 5.11 Å². The maximum atomic E-state index is 9.43. The molecule has 0 fully saturated rings. The van der Waals surface area contributed by atoms with E-state index < -0.39 is 6.10 Å². The fourth-order valence-corrected chi connectivity index (χ4v) is 1.03. The van der Waals surface area contributed by atoms with Crippen LogP contribution in [0, 0.1) is 0 Å². The van der Waals surface area contributed by atoms with Crippen molar-refractivity contribution in [3.05, 3.63) is 29.8 Å². The summed E-state index contributed by atoms with van der Waals surface area (Å²) in [6, 6.07) is 7.39. The average molecular weight is 188 g/mol. The van der Waals surface area contributed by atoms with Gasteiger partial charge in [-0.15, -0.1) is 12.4 Å². The van der Waals surface area contributed by atoms with E-state index >= 15 is 0 Å². The van der Waals surface area contributed by atoms with Crippen LogP contribution in [0.1, 0.15) is 25.0 Å². The van der Waals surface area contributed by atoms with E-state index in [1.165, 1.54) is 0 Å². The molecule has 1 rings (SSSR count). The number of hydrogen-bond acceptors (Lipinski definition) is 2. The predicted octanol–water partition coefficient (Wildman–Crippen LogP) is 2.13. The van der Waals surface area contributed by atoms with Crippen molar-refractivity contribution in [1.29, 1.82) is 0 Å². The van der Waals surface area contributed by atoms with E-state index in [1.807, 2.05) is 25.1 Å². The zero-order valence-corrected chi connectivity index (χ0v) is 7.84. The van der Waals surface area contributed by atoms with Crippen LogP contribution >= 0.6 is 12.4 Å². The molecule has 0 radical (unpaired) electrons. The molecule has 3 N–H and O–H groups in total. The Hall–Kier alpha value is -0.730. The molecule has 0 amide bonds. The first kappa shape index (κ1) is 11.3. The third-order valence-corrected chi connectivity index (χ3v) is 1.74. The Bertz CT molecular complexity index is 240. The van der Waals surface area contributed by atoms with Crippen LogP contribution in [0.15, 0.2) is 24.3 Å². The molecule has 1 aromatic carbocycles. The summed E-state index contributed by atoms with van der Waals surface area (Å²) in [6.07, 6.45) is 0.282. The van der Waals surface area contributed by atoms with Gasteiger partial charge in [-0.25, -0.2) is 0 Å². The highest BCUT2D eigenvalue weighted by atomic mass is 35.5. The zero-order valence-electron chi connectivity index (χ0n) is 7.03. The Morgan fingerprint density at radius 1 is 1.42 bits per heavy atom. The molecule has 12 heavy (non-hydrogen) atoms. The summed E-state index contributed by atoms with van der Waals surface area (Å²) < 4.78 is 0. The number of para-hydroxylation sites is 1. The summed E-state index contributed by atoms with van der Waals surface area (Å²) in [7, 11) is 0. The minimum Gasteiger partial charge on any atom is -0.398 e. The highest BCUT2D eigenvalue weighted by molar-refractivity contribution is 5.85. The van der Waals surface area contributed by atoms with Gasteiger partial charge in [-0.3, -0.25) is 0 Å². The molecule has 1 atom stereocenters. The minimum absolute atomic E-state index is 0. The van der Waals surface area contributed by atoms with E-state index in [2.05, 4.69) is 0 Å². The van der Waals surface area contributed by atoms with Gasteiger partial charge in [0.05, 0.1) is 6.10 Å². The van der Waals surface area contributed by atoms with E-state index in [0.717, 1.165) is 5.56 Å². The molecule has 0 heterocycles. The Morgan fingerprint density at radius 3 is 2.50 bits per heavy atom. The normalized spacial score (nSPS) is 11.8. The molecule has 3 heteroatoms. The van der Waals surface area contributed by atoms with Crippen LogP contribution in [0.4, 0.5) is 5.69 Å². The second kappa shape index (κ2) is 5.01. The fourth-order valence-electron chi connectivity index (χ4n) is 1.03. The van der Waals surface area contributed by atoms with Gasteiger partial charge >= 0.3 is 0 Å². The predicted molar refractivity (Wildman–Crippen MR) is 53.4 cm³/mol. The lowest BCUT2D eigenvalue weighted by molar-refractivity contribution is 0.174. The Morgan fingerprint density at radius 2 is 2.00 bits per heavy atom. The highest BCUT2D eigenvalue weighted by Gasteiger charge is 2.06. The Labute approximate surface area is 78.8 Å². The van der Waals surface area contributed by atoms with Crippen LogP contribution in [-0.2, 0) is 0 Å². The van der Waals surface area contributed by atoms with Crippen molar-refractivity contribution in [1.82, 2.24) is 0 Å². The monoisotopic (exact) mass is 187 g/mol. The van der Waals surface area contributed by atoms with Gasteiger partial charge in [-0.2, -0.15) is 0 Å². The van der Waals surface area contributed by atoms with Crippen molar-refractivity contribution in [3.8, 4) is 0 Å². The maximum absolute atomic E-state index is 9.43. The standard InChI is InChI=1S/C9H13NO.ClH/c1-2-9(11)7-5-3-4-6-8(7)10;/h3-6,9,11H,2,10H2,1H3;1H. The summed E-state index contributed by atoms with van der Waals surface area (Å²) in [4.78, 5) is 0. The minimum atomic E-state index is -0.420. The van der Waals surface area contributed by atoms with E-state index in [0.29, 0.717) is 12.1 Å². The molecule has 0 saturated heterocycles. The van der Waals surface area contributed by atoms with Crippen molar-refractivity contribution >= 4 is 18.1 Å². The molecule has 1 aromatic rings. The first-order chi connectivity index (χ1) is 5.25. The smallest absolute Gasteiger partial charge is 0.0807 e. The summed E-state index contributed by atoms with van der Waals surface area (Å²) in [6.45, 7) is 1.93. The number of hydrogen-bond donors (Lipinski definition) is 2. The maximum Gasteiger partial charge on any atom is 0.0807 e. The number of halogens is 1. The first-order valence-corrected chi connectivity index (χ1v) is 3.78. The number of nitrogens with two attached hydrogens (primary N) is 1. The first-order valence-electron chi connectivity index (χ1n) is 3.78. The summed E-state index contributed by atoms with van der Waals surface area (Å²) in [5, 5.41) is 9.43. The molecule has 2 nitrogen and oxygen atoms in total. The molecule has 0 spiro atoms. The van der Waals surface area contributed by atoms with E-state index in [1.54, 1.807) is 6.07 Å². The SMILES string of the molecule is CCC(O)c1ccccc1N.Cl. The average Bonchev–Trinajstić information content (AvgIpc) is 2.04. The van der Waals surface area contributed by atoms with Gasteiger partial charge in [0.2, 0.25) is 0 Å². The molecule has 0 aliphatic heterocycles. The van der Waals surface area contributed by atoms with Crippen LogP contribution < -0.4 is 5.73 Å². The van der Waals surface area contributed by atoms with Gasteiger partial charge in [0.1, 0.15) is 0 Å². The second-order valence-electron chi connectivity index (χ2n) is 2.55. The van der Waals surface area contributed by atoms with E-state index in [9.17, 15) is 5.11 Å². The second-order valence-corrected chi connectivity index (χ2v) is 2.55. The fraction of sp³-hybridized carbons (Fsp3) is 0.333. The van der Waals surface area contributed by atoms with E-state index in [4.69, 9.17) is 5.73 Å². The van der Waals surface area contributed by atoms with Gasteiger partial charge < -0.3 is 10.8 Å². The van der Waals surface area contributed by atoms with Gasteiger partial charge in [0.15, 0.2) is 0 Å². The van der Waals surface area contributed by atoms with Gasteiger partial charge in [-0.05, 0) is 12.5 Å². The topological polar surface area (TPSA) is 46.2 Å². The molecule has 1 unspecified atom stereocenters. The number of aliphatic hydroxyl groups excluding tert-OH is 1. The molecule has 68 valence electrons. The van der Waals surface area contributed by atoms with Gasteiger partial charge in [-0.1, -0.05) is 25.1 Å². The van der Waals surface area contributed by atoms with Crippen molar-refractivity contribution < 1.29 is 5.11 Å². The van der Waals surface area contributed by atoms with Crippen LogP contribution in [0.25, 0.3) is 0 Å². The van der Waals surface area contributed by atoms with Crippen LogP contribution in [0.5, 0.6) is 0 Å². The summed E-state index contributed by atoms with van der Waals surface area (Å²) in [5.41, 5.74) is 7.13. The zero-order chi connectivity index (χ0) is 8.27. The molecule has 0 aliphatic rings. The molecular formula is C9H14ClNO. The molecular weight excluding hydrogens is 174 g/mol. The molecule has 0 aromatic heterocycles. The lowest BCUT2D eigenvalue weighted by Gasteiger charge is -2.09. The number of benzene rings is 1. The van der Waals surface area contributed by atoms with E-state index in [-0.39, 0.29) is 12.4 Å². The van der Waals surface area contributed by atoms with Crippen molar-refractivity contribution in [2.45, 2.75) is 19.4 Å². The van der Waals surface area contributed by atoms with Crippen molar-refractivity contribution in [2.24, 2.45) is 0 Å². The van der Waals surface area contributed by atoms with Crippen molar-refractivity contribution in [2.75, 3.05) is 5.73 Å². The highest BCUT2D eigenvalue weighted by Crippen LogP contribution is 2.21. The summed E-state index contributed by atoms with van der Waals surface area (Å²) in [5.74, 6) is 0. The Balaban J connectivity index is 0.00000121. The molecule has 0 aliphatic carbocycles. The third kappa shape index (κ3) is 2.40. The van der Waals surface area contributed by atoms with Crippen molar-refractivity contribution in [3.63, 3.8) is 0 Å². The quantitative estimate of drug-likeness (QED) is 0.697. The lowest BCUT2D eigenvalue weighted by atomic mass is 10.1. The number of anilines is 1. The van der Waals surface area contributed by atoms with Crippen LogP contribution in [0.3, 0.4) is 0 Å². The van der Waals surface area contributed by atoms with Gasteiger partial charge in [0.25, 0.3) is 0 Å². The number of nitrogen functional groups attached to an aromatic ring is 1. The number of rotatable bonds is 2. The lowest BCUT2D eigenvalue weighted by Crippen LogP contribution is -1.99. The van der Waals surface area contributed by atoms with Gasteiger partial charge in [0, 0.05) is 11.3 Å².